The van der Waals surface area contributed by atoms with Crippen LogP contribution in [0.1, 0.15) is 11.1 Å². The Bertz CT molecular complexity index is 1460. The summed E-state index contributed by atoms with van der Waals surface area (Å²) in [5, 5.41) is -0.472. The summed E-state index contributed by atoms with van der Waals surface area (Å²) in [7, 11) is 0. The van der Waals surface area contributed by atoms with Crippen LogP contribution in [0.2, 0.25) is 0 Å². The van der Waals surface area contributed by atoms with E-state index in [-0.39, 0.29) is 29.8 Å². The number of halogens is 3. The molecular formula is C29H24Br2FN3O4S. The summed E-state index contributed by atoms with van der Waals surface area (Å²) >= 11 is 7.79. The third-order valence-corrected chi connectivity index (χ3v) is 8.60. The number of carbonyl (C=O) groups is 3. The quantitative estimate of drug-likeness (QED) is 0.271. The number of carbonyl (C=O) groups excluding carboxylic acids is 3. The molecule has 0 spiro atoms. The number of rotatable bonds is 7. The first-order valence-corrected chi connectivity index (χ1v) is 14.9. The first kappa shape index (κ1) is 28.4. The predicted molar refractivity (Wildman–Crippen MR) is 160 cm³/mol. The molecule has 3 amide bonds. The lowest BCUT2D eigenvalue weighted by molar-refractivity contribution is -0.136. The number of ether oxygens (including phenoxy) is 1. The Morgan fingerprint density at radius 3 is 2.33 bits per heavy atom. The fraction of sp³-hybridized carbons (Fsp3) is 0.207. The highest BCUT2D eigenvalue weighted by Crippen LogP contribution is 2.38. The van der Waals surface area contributed by atoms with E-state index in [1.54, 1.807) is 35.2 Å². The van der Waals surface area contributed by atoms with Gasteiger partial charge >= 0.3 is 0 Å². The maximum atomic E-state index is 13.5. The molecule has 2 aliphatic heterocycles. The van der Waals surface area contributed by atoms with E-state index >= 15 is 0 Å². The Morgan fingerprint density at radius 2 is 1.65 bits per heavy atom. The molecule has 2 saturated heterocycles. The van der Waals surface area contributed by atoms with Gasteiger partial charge in [0.25, 0.3) is 11.1 Å². The lowest BCUT2D eigenvalue weighted by Gasteiger charge is -2.36. The van der Waals surface area contributed by atoms with Crippen molar-refractivity contribution >= 4 is 72.4 Å². The van der Waals surface area contributed by atoms with Gasteiger partial charge in [-0.2, -0.15) is 0 Å². The summed E-state index contributed by atoms with van der Waals surface area (Å²) < 4.78 is 20.6. The molecule has 0 saturated carbocycles. The summed E-state index contributed by atoms with van der Waals surface area (Å²) in [6.45, 7) is 2.30. The maximum Gasteiger partial charge on any atom is 0.294 e. The van der Waals surface area contributed by atoms with Crippen LogP contribution in [0.15, 0.2) is 80.6 Å². The predicted octanol–water partition coefficient (Wildman–Crippen LogP) is 6.31. The summed E-state index contributed by atoms with van der Waals surface area (Å²) in [6, 6.07) is 19.7. The molecule has 0 N–H and O–H groups in total. The second-order valence-electron chi connectivity index (χ2n) is 9.20. The number of nitrogens with zero attached hydrogens (tertiary/aromatic N) is 3. The van der Waals surface area contributed by atoms with E-state index in [4.69, 9.17) is 4.74 Å². The van der Waals surface area contributed by atoms with E-state index < -0.39 is 11.1 Å². The minimum atomic E-state index is -0.495. The molecule has 3 aromatic rings. The Hall–Kier alpha value is -3.15. The van der Waals surface area contributed by atoms with Gasteiger partial charge in [0.15, 0.2) is 0 Å². The largest absolute Gasteiger partial charge is 0.487 e. The topological polar surface area (TPSA) is 70.2 Å². The van der Waals surface area contributed by atoms with Crippen LogP contribution in [0.25, 0.3) is 6.08 Å². The van der Waals surface area contributed by atoms with Gasteiger partial charge in [-0.3, -0.25) is 19.3 Å². The average molecular weight is 689 g/mol. The highest BCUT2D eigenvalue weighted by molar-refractivity contribution is 9.11. The third kappa shape index (κ3) is 6.59. The molecule has 2 fully saturated rings. The van der Waals surface area contributed by atoms with Crippen LogP contribution in [0.3, 0.4) is 0 Å². The van der Waals surface area contributed by atoms with Crippen LogP contribution in [-0.2, 0) is 16.2 Å². The number of hydrogen-bond acceptors (Lipinski definition) is 6. The molecule has 0 aromatic heterocycles. The molecule has 2 aliphatic rings. The number of hydrogen-bond donors (Lipinski definition) is 0. The number of benzene rings is 3. The van der Waals surface area contributed by atoms with E-state index in [1.165, 1.54) is 12.1 Å². The second-order valence-corrected chi connectivity index (χ2v) is 11.9. The number of amides is 3. The van der Waals surface area contributed by atoms with Crippen molar-refractivity contribution in [1.29, 1.82) is 0 Å². The van der Waals surface area contributed by atoms with Crippen molar-refractivity contribution in [1.82, 2.24) is 9.80 Å². The summed E-state index contributed by atoms with van der Waals surface area (Å²) in [5.74, 6) is -0.560. The van der Waals surface area contributed by atoms with Gasteiger partial charge in [-0.15, -0.1) is 0 Å². The molecule has 206 valence electrons. The Kier molecular flexibility index (Phi) is 8.92. The van der Waals surface area contributed by atoms with Crippen molar-refractivity contribution in [2.24, 2.45) is 0 Å². The summed E-state index contributed by atoms with van der Waals surface area (Å²) in [4.78, 5) is 43.8. The van der Waals surface area contributed by atoms with Gasteiger partial charge in [-0.1, -0.05) is 30.3 Å². The lowest BCUT2D eigenvalue weighted by atomic mass is 10.2. The van der Waals surface area contributed by atoms with Crippen molar-refractivity contribution in [3.63, 3.8) is 0 Å². The van der Waals surface area contributed by atoms with E-state index in [2.05, 4.69) is 36.8 Å². The molecule has 5 rings (SSSR count). The standard InChI is InChI=1S/C29H24Br2FN3O4S/c30-23-14-20(15-24(31)27(23)39-18-19-5-4-6-21(32)13-19)16-25-28(37)35(29(38)40-25)17-26(36)34-11-9-33(10-12-34)22-7-2-1-3-8-22/h1-8,13-16H,9-12,17-18H2/b25-16+. The maximum absolute atomic E-state index is 13.5. The molecule has 0 radical (unpaired) electrons. The van der Waals surface area contributed by atoms with Crippen LogP contribution < -0.4 is 9.64 Å². The molecule has 40 heavy (non-hydrogen) atoms. The summed E-state index contributed by atoms with van der Waals surface area (Å²) in [5.41, 5.74) is 2.45. The Labute approximate surface area is 252 Å². The first-order valence-electron chi connectivity index (χ1n) is 12.5. The van der Waals surface area contributed by atoms with Crippen LogP contribution in [0, 0.1) is 5.82 Å². The van der Waals surface area contributed by atoms with Gasteiger partial charge in [0.05, 0.1) is 13.9 Å². The van der Waals surface area contributed by atoms with Gasteiger partial charge in [-0.25, -0.2) is 4.39 Å². The molecule has 0 atom stereocenters. The molecule has 3 aromatic carbocycles. The minimum absolute atomic E-state index is 0.169. The van der Waals surface area contributed by atoms with E-state index in [0.717, 1.165) is 22.3 Å². The molecule has 11 heteroatoms. The highest BCUT2D eigenvalue weighted by Gasteiger charge is 2.37. The highest BCUT2D eigenvalue weighted by atomic mass is 79.9. The van der Waals surface area contributed by atoms with Gasteiger partial charge < -0.3 is 14.5 Å². The molecular weight excluding hydrogens is 665 g/mol. The SMILES string of the molecule is O=C(CN1C(=O)S/C(=C/c2cc(Br)c(OCc3cccc(F)c3)c(Br)c2)C1=O)N1CCN(c2ccccc2)CC1. The number of para-hydroxylation sites is 1. The zero-order valence-electron chi connectivity index (χ0n) is 21.2. The number of anilines is 1. The zero-order chi connectivity index (χ0) is 28.2. The lowest BCUT2D eigenvalue weighted by Crippen LogP contribution is -2.51. The third-order valence-electron chi connectivity index (χ3n) is 6.51. The smallest absolute Gasteiger partial charge is 0.294 e. The molecule has 0 aliphatic carbocycles. The van der Waals surface area contributed by atoms with Crippen LogP contribution in [-0.4, -0.2) is 59.6 Å². The molecule has 0 unspecified atom stereocenters. The molecule has 0 bridgehead atoms. The first-order chi connectivity index (χ1) is 19.3. The van der Waals surface area contributed by atoms with Crippen molar-refractivity contribution in [2.45, 2.75) is 6.61 Å². The van der Waals surface area contributed by atoms with Gasteiger partial charge in [0.1, 0.15) is 24.7 Å². The molecule has 7 nitrogen and oxygen atoms in total. The van der Waals surface area contributed by atoms with Crippen molar-refractivity contribution in [2.75, 3.05) is 37.6 Å². The number of thioether (sulfide) groups is 1. The fourth-order valence-corrected chi connectivity index (χ4v) is 6.75. The van der Waals surface area contributed by atoms with E-state index in [0.29, 0.717) is 52.0 Å². The summed E-state index contributed by atoms with van der Waals surface area (Å²) in [6.07, 6.45) is 1.61. The minimum Gasteiger partial charge on any atom is -0.487 e. The molecule has 2 heterocycles. The second kappa shape index (κ2) is 12.6. The Balaban J connectivity index is 1.20. The average Bonchev–Trinajstić information content (AvgIpc) is 3.20. The zero-order valence-corrected chi connectivity index (χ0v) is 25.2. The van der Waals surface area contributed by atoms with Crippen molar-refractivity contribution in [3.8, 4) is 5.75 Å². The monoisotopic (exact) mass is 687 g/mol. The van der Waals surface area contributed by atoms with Gasteiger partial charge in [0.2, 0.25) is 5.91 Å². The Morgan fingerprint density at radius 1 is 0.950 bits per heavy atom. The van der Waals surface area contributed by atoms with Crippen molar-refractivity contribution in [3.05, 3.63) is 97.5 Å². The van der Waals surface area contributed by atoms with Gasteiger partial charge in [-0.05, 0) is 97.2 Å². The number of piperazine rings is 1. The van der Waals surface area contributed by atoms with Crippen LogP contribution in [0.5, 0.6) is 5.75 Å². The normalized spacial score (nSPS) is 16.7. The van der Waals surface area contributed by atoms with E-state index in [9.17, 15) is 18.8 Å². The van der Waals surface area contributed by atoms with Crippen LogP contribution >= 0.6 is 43.6 Å². The number of imide groups is 1. The van der Waals surface area contributed by atoms with E-state index in [1.807, 2.05) is 30.3 Å². The fourth-order valence-electron chi connectivity index (χ4n) is 4.46. The van der Waals surface area contributed by atoms with Crippen molar-refractivity contribution < 1.29 is 23.5 Å². The van der Waals surface area contributed by atoms with Crippen LogP contribution in [0.4, 0.5) is 14.9 Å². The van der Waals surface area contributed by atoms with Gasteiger partial charge in [0, 0.05) is 31.9 Å².